The first-order valence-corrected chi connectivity index (χ1v) is 7.94. The van der Waals surface area contributed by atoms with Crippen LogP contribution in [-0.4, -0.2) is 27.5 Å². The zero-order valence-electron chi connectivity index (χ0n) is 12.4. The van der Waals surface area contributed by atoms with Crippen LogP contribution in [0, 0.1) is 0 Å². The van der Waals surface area contributed by atoms with Gasteiger partial charge in [-0.15, -0.1) is 11.8 Å². The van der Waals surface area contributed by atoms with Crippen molar-refractivity contribution in [3.63, 3.8) is 0 Å². The van der Waals surface area contributed by atoms with Crippen LogP contribution in [0.15, 0.2) is 24.3 Å². The normalized spacial score (nSPS) is 12.8. The maximum absolute atomic E-state index is 12.0. The number of hydrogen-bond donors (Lipinski definition) is 2. The van der Waals surface area contributed by atoms with Crippen LogP contribution in [0.3, 0.4) is 0 Å². The fourth-order valence-electron chi connectivity index (χ4n) is 1.64. The zero-order valence-corrected chi connectivity index (χ0v) is 13.9. The van der Waals surface area contributed by atoms with Crippen molar-refractivity contribution in [2.75, 3.05) is 5.75 Å². The number of nitrogens with one attached hydrogen (secondary N) is 1. The van der Waals surface area contributed by atoms with Gasteiger partial charge in [0.2, 0.25) is 5.91 Å². The molecule has 0 aromatic heterocycles. The van der Waals surface area contributed by atoms with Crippen molar-refractivity contribution < 1.29 is 14.7 Å². The van der Waals surface area contributed by atoms with E-state index < -0.39 is 12.0 Å². The van der Waals surface area contributed by atoms with Gasteiger partial charge in [-0.2, -0.15) is 0 Å². The number of thioether (sulfide) groups is 1. The fourth-order valence-corrected chi connectivity index (χ4v) is 2.41. The first-order valence-electron chi connectivity index (χ1n) is 6.58. The molecule has 0 unspecified atom stereocenters. The largest absolute Gasteiger partial charge is 0.481 e. The summed E-state index contributed by atoms with van der Waals surface area (Å²) in [6.45, 7) is 6.08. The molecule has 1 atom stereocenters. The van der Waals surface area contributed by atoms with E-state index in [1.807, 2.05) is 20.8 Å². The quantitative estimate of drug-likeness (QED) is 0.838. The minimum absolute atomic E-state index is 0.0140. The van der Waals surface area contributed by atoms with Gasteiger partial charge in [0, 0.05) is 9.77 Å². The highest BCUT2D eigenvalue weighted by molar-refractivity contribution is 8.01. The minimum Gasteiger partial charge on any atom is -0.481 e. The summed E-state index contributed by atoms with van der Waals surface area (Å²) in [6.07, 6.45) is -0.159. The number of amides is 1. The van der Waals surface area contributed by atoms with Crippen LogP contribution in [-0.2, 0) is 9.59 Å². The molecule has 2 N–H and O–H groups in total. The third-order valence-corrected chi connectivity index (χ3v) is 4.15. The molecule has 0 saturated carbocycles. The standard InChI is InChI=1S/C15H20ClNO3S/c1-15(2,3)21-9-13(18)17-12(8-14(19)20)10-4-6-11(16)7-5-10/h4-7,12H,8-9H2,1-3H3,(H,17,18)(H,19,20)/t12-/m0/s1. The van der Waals surface area contributed by atoms with Gasteiger partial charge in [-0.05, 0) is 17.7 Å². The van der Waals surface area contributed by atoms with Crippen LogP contribution < -0.4 is 5.32 Å². The number of carbonyl (C=O) groups is 2. The molecule has 0 aliphatic carbocycles. The van der Waals surface area contributed by atoms with Gasteiger partial charge in [-0.3, -0.25) is 9.59 Å². The van der Waals surface area contributed by atoms with Crippen molar-refractivity contribution in [2.45, 2.75) is 38.0 Å². The Bertz CT molecular complexity index is 497. The highest BCUT2D eigenvalue weighted by Crippen LogP contribution is 2.24. The van der Waals surface area contributed by atoms with E-state index in [1.54, 1.807) is 24.3 Å². The van der Waals surface area contributed by atoms with E-state index in [1.165, 1.54) is 11.8 Å². The summed E-state index contributed by atoms with van der Waals surface area (Å²) in [7, 11) is 0. The summed E-state index contributed by atoms with van der Waals surface area (Å²) >= 11 is 7.34. The summed E-state index contributed by atoms with van der Waals surface area (Å²) in [6, 6.07) is 6.27. The van der Waals surface area contributed by atoms with E-state index in [9.17, 15) is 9.59 Å². The van der Waals surface area contributed by atoms with Gasteiger partial charge < -0.3 is 10.4 Å². The second-order valence-corrected chi connectivity index (χ2v) is 7.91. The molecule has 0 saturated heterocycles. The van der Waals surface area contributed by atoms with Crippen LogP contribution in [0.5, 0.6) is 0 Å². The third kappa shape index (κ3) is 7.39. The van der Waals surface area contributed by atoms with E-state index in [-0.39, 0.29) is 17.1 Å². The number of halogens is 1. The van der Waals surface area contributed by atoms with Crippen molar-refractivity contribution in [2.24, 2.45) is 0 Å². The van der Waals surface area contributed by atoms with Gasteiger partial charge in [0.1, 0.15) is 0 Å². The highest BCUT2D eigenvalue weighted by atomic mass is 35.5. The van der Waals surface area contributed by atoms with Crippen molar-refractivity contribution in [1.82, 2.24) is 5.32 Å². The second kappa shape index (κ2) is 7.71. The maximum Gasteiger partial charge on any atom is 0.305 e. The monoisotopic (exact) mass is 329 g/mol. The van der Waals surface area contributed by atoms with E-state index in [0.29, 0.717) is 10.8 Å². The van der Waals surface area contributed by atoms with Gasteiger partial charge in [0.15, 0.2) is 0 Å². The zero-order chi connectivity index (χ0) is 16.0. The van der Waals surface area contributed by atoms with E-state index in [0.717, 1.165) is 5.56 Å². The number of rotatable bonds is 6. The summed E-state index contributed by atoms with van der Waals surface area (Å²) in [4.78, 5) is 22.9. The molecule has 4 nitrogen and oxygen atoms in total. The lowest BCUT2D eigenvalue weighted by Crippen LogP contribution is -2.32. The SMILES string of the molecule is CC(C)(C)SCC(=O)N[C@@H](CC(=O)O)c1ccc(Cl)cc1. The molecule has 0 bridgehead atoms. The Labute approximate surface area is 134 Å². The lowest BCUT2D eigenvalue weighted by atomic mass is 10.0. The number of carbonyl (C=O) groups excluding carboxylic acids is 1. The Morgan fingerprint density at radius 2 is 1.86 bits per heavy atom. The van der Waals surface area contributed by atoms with E-state index in [4.69, 9.17) is 16.7 Å². The molecular formula is C15H20ClNO3S. The Morgan fingerprint density at radius 1 is 1.29 bits per heavy atom. The molecule has 21 heavy (non-hydrogen) atoms. The van der Waals surface area contributed by atoms with Crippen molar-refractivity contribution in [1.29, 1.82) is 0 Å². The summed E-state index contributed by atoms with van der Waals surface area (Å²) in [5, 5.41) is 12.3. The molecular weight excluding hydrogens is 310 g/mol. The molecule has 6 heteroatoms. The number of aliphatic carboxylic acids is 1. The fraction of sp³-hybridized carbons (Fsp3) is 0.467. The van der Waals surface area contributed by atoms with Crippen molar-refractivity contribution in [3.8, 4) is 0 Å². The third-order valence-electron chi connectivity index (χ3n) is 2.62. The molecule has 1 aromatic rings. The second-order valence-electron chi connectivity index (χ2n) is 5.67. The maximum atomic E-state index is 12.0. The average molecular weight is 330 g/mol. The summed E-state index contributed by atoms with van der Waals surface area (Å²) in [5.74, 6) is -0.831. The van der Waals surface area contributed by atoms with Gasteiger partial charge in [-0.25, -0.2) is 0 Å². The Morgan fingerprint density at radius 3 is 2.33 bits per heavy atom. The molecule has 1 amide bonds. The molecule has 0 spiro atoms. The molecule has 0 fully saturated rings. The highest BCUT2D eigenvalue weighted by Gasteiger charge is 2.20. The topological polar surface area (TPSA) is 66.4 Å². The number of carboxylic acid groups (broad SMARTS) is 1. The molecule has 0 heterocycles. The molecule has 1 rings (SSSR count). The number of hydrogen-bond acceptors (Lipinski definition) is 3. The molecule has 0 radical (unpaired) electrons. The first kappa shape index (κ1) is 17.9. The lowest BCUT2D eigenvalue weighted by molar-refractivity contribution is -0.137. The van der Waals surface area contributed by atoms with Crippen molar-refractivity contribution in [3.05, 3.63) is 34.9 Å². The van der Waals surface area contributed by atoms with Crippen LogP contribution in [0.2, 0.25) is 5.02 Å². The number of benzene rings is 1. The van der Waals surface area contributed by atoms with Gasteiger partial charge >= 0.3 is 5.97 Å². The predicted molar refractivity (Wildman–Crippen MR) is 86.8 cm³/mol. The molecule has 1 aromatic carbocycles. The number of carboxylic acids is 1. The van der Waals surface area contributed by atoms with E-state index in [2.05, 4.69) is 5.32 Å². The Hall–Kier alpha value is -1.20. The van der Waals surface area contributed by atoms with Gasteiger partial charge in [0.25, 0.3) is 0 Å². The van der Waals surface area contributed by atoms with E-state index >= 15 is 0 Å². The molecule has 0 aliphatic heterocycles. The predicted octanol–water partition coefficient (Wildman–Crippen LogP) is 3.50. The van der Waals surface area contributed by atoms with Crippen LogP contribution >= 0.6 is 23.4 Å². The van der Waals surface area contributed by atoms with Crippen LogP contribution in [0.25, 0.3) is 0 Å². The summed E-state index contributed by atoms with van der Waals surface area (Å²) < 4.78 is -0.0140. The lowest BCUT2D eigenvalue weighted by Gasteiger charge is -2.20. The minimum atomic E-state index is -0.960. The van der Waals surface area contributed by atoms with Crippen molar-refractivity contribution >= 4 is 35.2 Å². The Balaban J connectivity index is 2.72. The smallest absolute Gasteiger partial charge is 0.305 e. The van der Waals surface area contributed by atoms with Crippen LogP contribution in [0.1, 0.15) is 38.8 Å². The first-order chi connectivity index (χ1) is 9.67. The summed E-state index contributed by atoms with van der Waals surface area (Å²) in [5.41, 5.74) is 0.732. The van der Waals surface area contributed by atoms with Crippen LogP contribution in [0.4, 0.5) is 0 Å². The van der Waals surface area contributed by atoms with Gasteiger partial charge in [0.05, 0.1) is 18.2 Å². The molecule has 116 valence electrons. The Kier molecular flexibility index (Phi) is 6.55. The average Bonchev–Trinajstić information content (AvgIpc) is 2.35. The molecule has 0 aliphatic rings. The van der Waals surface area contributed by atoms with Gasteiger partial charge in [-0.1, -0.05) is 44.5 Å².